The standard InChI is InChI=1S/C28H32N2O3S/c31-28(18-15-23-13-16-26(17-14-23)34(32,33)30-21-7-8-22-30)29-20-19-27(24-9-3-1-4-10-24)25-11-5-2-6-12-25/h1-6,9-14,16-17,27H,7-8,15,18-22H2,(H,29,31). The van der Waals surface area contributed by atoms with Crippen LogP contribution in [0.5, 0.6) is 0 Å². The number of benzene rings is 3. The lowest BCUT2D eigenvalue weighted by molar-refractivity contribution is -0.121. The topological polar surface area (TPSA) is 66.5 Å². The van der Waals surface area contributed by atoms with E-state index < -0.39 is 10.0 Å². The van der Waals surface area contributed by atoms with E-state index in [0.29, 0.717) is 37.4 Å². The van der Waals surface area contributed by atoms with Crippen LogP contribution >= 0.6 is 0 Å². The van der Waals surface area contributed by atoms with Gasteiger partial charge in [0.15, 0.2) is 0 Å². The predicted molar refractivity (Wildman–Crippen MR) is 135 cm³/mol. The lowest BCUT2D eigenvalue weighted by atomic mass is 9.88. The second kappa shape index (κ2) is 11.4. The summed E-state index contributed by atoms with van der Waals surface area (Å²) < 4.78 is 26.9. The molecule has 0 spiro atoms. The van der Waals surface area contributed by atoms with Gasteiger partial charge in [-0.15, -0.1) is 0 Å². The Morgan fingerprint density at radius 3 is 1.94 bits per heavy atom. The molecule has 0 unspecified atom stereocenters. The van der Waals surface area contributed by atoms with Crippen molar-refractivity contribution >= 4 is 15.9 Å². The van der Waals surface area contributed by atoms with Gasteiger partial charge in [0.25, 0.3) is 0 Å². The Labute approximate surface area is 202 Å². The maximum atomic E-state index is 12.7. The first kappa shape index (κ1) is 24.2. The molecule has 1 amide bonds. The summed E-state index contributed by atoms with van der Waals surface area (Å²) in [6, 6.07) is 27.7. The van der Waals surface area contributed by atoms with Crippen molar-refractivity contribution in [2.45, 2.75) is 42.9 Å². The van der Waals surface area contributed by atoms with E-state index in [1.165, 1.54) is 11.1 Å². The number of carbonyl (C=O) groups is 1. The molecule has 1 saturated heterocycles. The Morgan fingerprint density at radius 2 is 1.38 bits per heavy atom. The van der Waals surface area contributed by atoms with Crippen LogP contribution in [0.3, 0.4) is 0 Å². The Kier molecular flexibility index (Phi) is 8.14. The summed E-state index contributed by atoms with van der Waals surface area (Å²) in [4.78, 5) is 12.8. The molecule has 0 saturated carbocycles. The molecule has 0 atom stereocenters. The fourth-order valence-corrected chi connectivity index (χ4v) is 6.02. The van der Waals surface area contributed by atoms with E-state index in [4.69, 9.17) is 0 Å². The van der Waals surface area contributed by atoms with Crippen molar-refractivity contribution in [3.63, 3.8) is 0 Å². The third-order valence-corrected chi connectivity index (χ3v) is 8.34. The number of nitrogens with one attached hydrogen (secondary N) is 1. The van der Waals surface area contributed by atoms with Crippen LogP contribution in [-0.4, -0.2) is 38.3 Å². The van der Waals surface area contributed by atoms with Crippen LogP contribution < -0.4 is 5.32 Å². The number of rotatable bonds is 10. The highest BCUT2D eigenvalue weighted by Gasteiger charge is 2.26. The second-order valence-electron chi connectivity index (χ2n) is 8.77. The normalized spacial score (nSPS) is 14.4. The van der Waals surface area contributed by atoms with Crippen molar-refractivity contribution in [3.8, 4) is 0 Å². The molecular weight excluding hydrogens is 444 g/mol. The van der Waals surface area contributed by atoms with Crippen LogP contribution in [0.15, 0.2) is 89.8 Å². The van der Waals surface area contributed by atoms with E-state index in [1.807, 2.05) is 48.5 Å². The zero-order valence-corrected chi connectivity index (χ0v) is 20.2. The Bertz CT molecular complexity index is 1120. The quantitative estimate of drug-likeness (QED) is 0.460. The van der Waals surface area contributed by atoms with Crippen molar-refractivity contribution in [1.29, 1.82) is 0 Å². The summed E-state index contributed by atoms with van der Waals surface area (Å²) in [5, 5.41) is 3.05. The summed E-state index contributed by atoms with van der Waals surface area (Å²) in [6.45, 7) is 1.79. The van der Waals surface area contributed by atoms with E-state index in [1.54, 1.807) is 16.4 Å². The van der Waals surface area contributed by atoms with Crippen molar-refractivity contribution in [2.75, 3.05) is 19.6 Å². The van der Waals surface area contributed by atoms with Gasteiger partial charge in [0.2, 0.25) is 15.9 Å². The maximum absolute atomic E-state index is 12.7. The minimum Gasteiger partial charge on any atom is -0.356 e. The highest BCUT2D eigenvalue weighted by molar-refractivity contribution is 7.89. The number of sulfonamides is 1. The van der Waals surface area contributed by atoms with Crippen LogP contribution in [0.1, 0.15) is 48.3 Å². The molecule has 3 aromatic carbocycles. The summed E-state index contributed by atoms with van der Waals surface area (Å²) >= 11 is 0. The van der Waals surface area contributed by atoms with Crippen LogP contribution in [0.4, 0.5) is 0 Å². The molecule has 1 N–H and O–H groups in total. The SMILES string of the molecule is O=C(CCc1ccc(S(=O)(=O)N2CCCC2)cc1)NCCC(c1ccccc1)c1ccccc1. The van der Waals surface area contributed by atoms with Gasteiger partial charge in [-0.25, -0.2) is 8.42 Å². The molecule has 1 heterocycles. The fourth-order valence-electron chi connectivity index (χ4n) is 4.50. The minimum atomic E-state index is -3.40. The van der Waals surface area contributed by atoms with Gasteiger partial charge in [-0.05, 0) is 54.5 Å². The molecule has 5 nitrogen and oxygen atoms in total. The highest BCUT2D eigenvalue weighted by atomic mass is 32.2. The smallest absolute Gasteiger partial charge is 0.243 e. The lowest BCUT2D eigenvalue weighted by Crippen LogP contribution is -2.27. The van der Waals surface area contributed by atoms with Crippen LogP contribution in [0.2, 0.25) is 0 Å². The number of hydrogen-bond acceptors (Lipinski definition) is 3. The van der Waals surface area contributed by atoms with Crippen LogP contribution in [-0.2, 0) is 21.2 Å². The van der Waals surface area contributed by atoms with Crippen molar-refractivity contribution < 1.29 is 13.2 Å². The zero-order valence-electron chi connectivity index (χ0n) is 19.4. The molecule has 4 rings (SSSR count). The van der Waals surface area contributed by atoms with Crippen LogP contribution in [0, 0.1) is 0 Å². The molecule has 1 fully saturated rings. The van der Waals surface area contributed by atoms with Crippen molar-refractivity contribution in [2.24, 2.45) is 0 Å². The van der Waals surface area contributed by atoms with Crippen molar-refractivity contribution in [3.05, 3.63) is 102 Å². The minimum absolute atomic E-state index is 0.00800. The molecule has 178 valence electrons. The van der Waals surface area contributed by atoms with E-state index in [0.717, 1.165) is 24.8 Å². The van der Waals surface area contributed by atoms with Gasteiger partial charge in [-0.3, -0.25) is 4.79 Å². The number of nitrogens with zero attached hydrogens (tertiary/aromatic N) is 1. The van der Waals surface area contributed by atoms with Gasteiger partial charge in [0.05, 0.1) is 4.90 Å². The highest BCUT2D eigenvalue weighted by Crippen LogP contribution is 2.27. The summed E-state index contributed by atoms with van der Waals surface area (Å²) in [5.41, 5.74) is 3.45. The first-order valence-electron chi connectivity index (χ1n) is 12.0. The third kappa shape index (κ3) is 6.13. The first-order valence-corrected chi connectivity index (χ1v) is 13.4. The van der Waals surface area contributed by atoms with Gasteiger partial charge >= 0.3 is 0 Å². The number of hydrogen-bond donors (Lipinski definition) is 1. The summed E-state index contributed by atoms with van der Waals surface area (Å²) in [5.74, 6) is 0.237. The van der Waals surface area contributed by atoms with E-state index in [-0.39, 0.29) is 11.8 Å². The summed E-state index contributed by atoms with van der Waals surface area (Å²) in [6.07, 6.45) is 3.62. The fraction of sp³-hybridized carbons (Fsp3) is 0.321. The van der Waals surface area contributed by atoms with Crippen molar-refractivity contribution in [1.82, 2.24) is 9.62 Å². The second-order valence-corrected chi connectivity index (χ2v) is 10.7. The molecule has 1 aliphatic heterocycles. The van der Waals surface area contributed by atoms with E-state index >= 15 is 0 Å². The lowest BCUT2D eigenvalue weighted by Gasteiger charge is -2.18. The average Bonchev–Trinajstić information content (AvgIpc) is 3.43. The van der Waals surface area contributed by atoms with Gasteiger partial charge in [-0.1, -0.05) is 72.8 Å². The van der Waals surface area contributed by atoms with Gasteiger partial charge in [0, 0.05) is 32.0 Å². The number of amides is 1. The Hall–Kier alpha value is -2.96. The molecule has 34 heavy (non-hydrogen) atoms. The van der Waals surface area contributed by atoms with Gasteiger partial charge in [0.1, 0.15) is 0 Å². The summed E-state index contributed by atoms with van der Waals surface area (Å²) in [7, 11) is -3.40. The molecule has 6 heteroatoms. The maximum Gasteiger partial charge on any atom is 0.243 e. The molecule has 1 aliphatic rings. The monoisotopic (exact) mass is 476 g/mol. The Morgan fingerprint density at radius 1 is 0.824 bits per heavy atom. The molecule has 0 bridgehead atoms. The van der Waals surface area contributed by atoms with Gasteiger partial charge < -0.3 is 5.32 Å². The average molecular weight is 477 g/mol. The molecule has 0 aliphatic carbocycles. The Balaban J connectivity index is 1.27. The van der Waals surface area contributed by atoms with Gasteiger partial charge in [-0.2, -0.15) is 4.31 Å². The molecule has 0 aromatic heterocycles. The molecular formula is C28H32N2O3S. The third-order valence-electron chi connectivity index (χ3n) is 6.43. The zero-order chi connectivity index (χ0) is 23.8. The number of aryl methyl sites for hydroxylation is 1. The largest absolute Gasteiger partial charge is 0.356 e. The molecule has 3 aromatic rings. The van der Waals surface area contributed by atoms with Crippen LogP contribution in [0.25, 0.3) is 0 Å². The molecule has 0 radical (unpaired) electrons. The first-order chi connectivity index (χ1) is 16.5. The van der Waals surface area contributed by atoms with E-state index in [9.17, 15) is 13.2 Å². The number of carbonyl (C=O) groups excluding carboxylic acids is 1. The van der Waals surface area contributed by atoms with E-state index in [2.05, 4.69) is 29.6 Å². The predicted octanol–water partition coefficient (Wildman–Crippen LogP) is 4.74.